The first-order valence-electron chi connectivity index (χ1n) is 11.9. The average molecular weight is 526 g/mol. The van der Waals surface area contributed by atoms with Gasteiger partial charge in [0.2, 0.25) is 0 Å². The fraction of sp³-hybridized carbons (Fsp3) is 0.103. The molecule has 1 amide bonds. The Hall–Kier alpha value is -4.63. The Morgan fingerprint density at radius 1 is 0.895 bits per heavy atom. The summed E-state index contributed by atoms with van der Waals surface area (Å²) in [6, 6.07) is 27.6. The molecule has 0 bridgehead atoms. The van der Waals surface area contributed by atoms with Gasteiger partial charge in [-0.1, -0.05) is 42.5 Å². The Kier molecular flexibility index (Phi) is 9.09. The van der Waals surface area contributed by atoms with Crippen molar-refractivity contribution in [1.82, 2.24) is 10.3 Å². The number of carbonyl (C=O) groups excluding carboxylic acids is 1. The Morgan fingerprint density at radius 3 is 2.39 bits per heavy atom. The van der Waals surface area contributed by atoms with Gasteiger partial charge in [-0.15, -0.1) is 11.8 Å². The molecule has 3 aromatic carbocycles. The molecule has 0 aliphatic carbocycles. The van der Waals surface area contributed by atoms with Gasteiger partial charge in [0.25, 0.3) is 5.91 Å². The smallest absolute Gasteiger partial charge is 0.304 e. The largest absolute Gasteiger partial charge is 0.481 e. The van der Waals surface area contributed by atoms with E-state index in [1.807, 2.05) is 54.6 Å². The van der Waals surface area contributed by atoms with Crippen molar-refractivity contribution in [3.05, 3.63) is 120 Å². The normalized spacial score (nSPS) is 11.3. The van der Waals surface area contributed by atoms with Crippen LogP contribution in [0.5, 0.6) is 0 Å². The number of hydrogen-bond donors (Lipinski definition) is 5. The number of carboxylic acids is 1. The number of nitrogens with zero attached hydrogens (tertiary/aromatic N) is 1. The predicted molar refractivity (Wildman–Crippen MR) is 151 cm³/mol. The molecule has 1 unspecified atom stereocenters. The summed E-state index contributed by atoms with van der Waals surface area (Å²) in [6.45, 7) is 0.532. The number of anilines is 2. The van der Waals surface area contributed by atoms with Crippen LogP contribution in [0.2, 0.25) is 0 Å². The SMILES string of the molecule is N=C(NCc1ccccc1)Nc1ccc(C(=O)Nc2cccc(SC(CC(=O)O)c3cccnc3)c2)cc1. The van der Waals surface area contributed by atoms with E-state index in [0.717, 1.165) is 16.0 Å². The van der Waals surface area contributed by atoms with Gasteiger partial charge >= 0.3 is 5.97 Å². The van der Waals surface area contributed by atoms with Gasteiger partial charge in [-0.05, 0) is 59.7 Å². The summed E-state index contributed by atoms with van der Waals surface area (Å²) in [5.41, 5.74) is 3.66. The standard InChI is InChI=1S/C29H27N5O3S/c30-29(32-18-20-6-2-1-3-7-20)34-23-13-11-21(12-14-23)28(37)33-24-9-4-10-25(16-24)38-26(17-27(35)36)22-8-5-15-31-19-22/h1-16,19,26H,17-18H2,(H,33,37)(H,35,36)(H3,30,32,34). The van der Waals surface area contributed by atoms with Gasteiger partial charge in [-0.25, -0.2) is 0 Å². The Labute approximate surface area is 225 Å². The minimum atomic E-state index is -0.893. The predicted octanol–water partition coefficient (Wildman–Crippen LogP) is 5.78. The lowest BCUT2D eigenvalue weighted by Crippen LogP contribution is -2.29. The Morgan fingerprint density at radius 2 is 1.68 bits per heavy atom. The number of aromatic nitrogens is 1. The first-order valence-corrected chi connectivity index (χ1v) is 12.8. The summed E-state index contributed by atoms with van der Waals surface area (Å²) in [6.07, 6.45) is 3.27. The van der Waals surface area contributed by atoms with Crippen LogP contribution in [-0.2, 0) is 11.3 Å². The van der Waals surface area contributed by atoms with Crippen molar-refractivity contribution in [2.75, 3.05) is 10.6 Å². The third kappa shape index (κ3) is 7.94. The van der Waals surface area contributed by atoms with Crippen LogP contribution < -0.4 is 16.0 Å². The zero-order valence-corrected chi connectivity index (χ0v) is 21.2. The fourth-order valence-electron chi connectivity index (χ4n) is 3.65. The number of rotatable bonds is 10. The van der Waals surface area contributed by atoms with Gasteiger partial charge in [-0.2, -0.15) is 0 Å². The number of carbonyl (C=O) groups is 2. The highest BCUT2D eigenvalue weighted by Crippen LogP contribution is 2.38. The number of nitrogens with one attached hydrogen (secondary N) is 4. The summed E-state index contributed by atoms with van der Waals surface area (Å²) >= 11 is 1.41. The van der Waals surface area contributed by atoms with E-state index < -0.39 is 5.97 Å². The second-order valence-electron chi connectivity index (χ2n) is 8.39. The summed E-state index contributed by atoms with van der Waals surface area (Å²) in [5, 5.41) is 26.0. The van der Waals surface area contributed by atoms with Gasteiger partial charge in [0, 0.05) is 46.0 Å². The molecule has 0 aliphatic rings. The molecule has 1 atom stereocenters. The average Bonchev–Trinajstić information content (AvgIpc) is 2.93. The molecule has 4 aromatic rings. The number of thioether (sulfide) groups is 1. The third-order valence-corrected chi connectivity index (χ3v) is 6.76. The number of amides is 1. The molecule has 1 heterocycles. The number of guanidine groups is 1. The maximum atomic E-state index is 12.8. The number of aliphatic carboxylic acids is 1. The zero-order valence-electron chi connectivity index (χ0n) is 20.4. The topological polar surface area (TPSA) is 127 Å². The maximum Gasteiger partial charge on any atom is 0.304 e. The van der Waals surface area contributed by atoms with Crippen molar-refractivity contribution in [1.29, 1.82) is 5.41 Å². The van der Waals surface area contributed by atoms with Gasteiger partial charge in [0.05, 0.1) is 6.42 Å². The molecule has 1 aromatic heterocycles. The van der Waals surface area contributed by atoms with Crippen molar-refractivity contribution in [3.8, 4) is 0 Å². The van der Waals surface area contributed by atoms with E-state index in [2.05, 4.69) is 20.9 Å². The zero-order chi connectivity index (χ0) is 26.7. The van der Waals surface area contributed by atoms with Crippen molar-refractivity contribution >= 4 is 41.0 Å². The summed E-state index contributed by atoms with van der Waals surface area (Å²) in [5.74, 6) is -1.01. The molecular formula is C29H27N5O3S. The van der Waals surface area contributed by atoms with Gasteiger partial charge < -0.3 is 21.1 Å². The third-order valence-electron chi connectivity index (χ3n) is 5.52. The van der Waals surface area contributed by atoms with Crippen molar-refractivity contribution in [2.24, 2.45) is 0 Å². The molecule has 4 rings (SSSR count). The van der Waals surface area contributed by atoms with Crippen LogP contribution in [0.15, 0.2) is 108 Å². The highest BCUT2D eigenvalue weighted by molar-refractivity contribution is 7.99. The molecule has 0 fully saturated rings. The number of carboxylic acid groups (broad SMARTS) is 1. The molecule has 0 saturated heterocycles. The Balaban J connectivity index is 1.34. The molecule has 192 valence electrons. The van der Waals surface area contributed by atoms with Crippen LogP contribution >= 0.6 is 11.8 Å². The quantitative estimate of drug-likeness (QED) is 0.101. The molecule has 38 heavy (non-hydrogen) atoms. The van der Waals surface area contributed by atoms with Crippen LogP contribution in [0, 0.1) is 5.41 Å². The first kappa shape index (κ1) is 26.4. The second kappa shape index (κ2) is 13.1. The molecule has 0 aliphatic heterocycles. The molecule has 0 radical (unpaired) electrons. The second-order valence-corrected chi connectivity index (χ2v) is 9.67. The van der Waals surface area contributed by atoms with Crippen molar-refractivity contribution in [3.63, 3.8) is 0 Å². The summed E-state index contributed by atoms with van der Waals surface area (Å²) in [4.78, 5) is 29.2. The molecule has 9 heteroatoms. The van der Waals surface area contributed by atoms with Crippen LogP contribution in [0.1, 0.15) is 33.2 Å². The van der Waals surface area contributed by atoms with Crippen molar-refractivity contribution in [2.45, 2.75) is 23.1 Å². The van der Waals surface area contributed by atoms with Gasteiger partial charge in [0.15, 0.2) is 5.96 Å². The van der Waals surface area contributed by atoms with E-state index in [4.69, 9.17) is 5.41 Å². The monoisotopic (exact) mass is 525 g/mol. The summed E-state index contributed by atoms with van der Waals surface area (Å²) in [7, 11) is 0. The fourth-order valence-corrected chi connectivity index (χ4v) is 4.83. The lowest BCUT2D eigenvalue weighted by molar-refractivity contribution is -0.137. The van der Waals surface area contributed by atoms with E-state index in [9.17, 15) is 14.7 Å². The highest BCUT2D eigenvalue weighted by Gasteiger charge is 2.18. The van der Waals surface area contributed by atoms with E-state index in [-0.39, 0.29) is 23.5 Å². The van der Waals surface area contributed by atoms with E-state index in [0.29, 0.717) is 23.5 Å². The van der Waals surface area contributed by atoms with Crippen LogP contribution in [-0.4, -0.2) is 27.9 Å². The maximum absolute atomic E-state index is 12.8. The molecular weight excluding hydrogens is 498 g/mol. The minimum absolute atomic E-state index is 0.0490. The molecule has 5 N–H and O–H groups in total. The van der Waals surface area contributed by atoms with Gasteiger partial charge in [-0.3, -0.25) is 20.0 Å². The number of benzene rings is 3. The van der Waals surface area contributed by atoms with E-state index in [1.54, 1.807) is 48.8 Å². The van der Waals surface area contributed by atoms with Gasteiger partial charge in [0.1, 0.15) is 0 Å². The number of hydrogen-bond acceptors (Lipinski definition) is 5. The minimum Gasteiger partial charge on any atom is -0.481 e. The number of pyridine rings is 1. The molecule has 0 saturated carbocycles. The van der Waals surface area contributed by atoms with Crippen molar-refractivity contribution < 1.29 is 14.7 Å². The lowest BCUT2D eigenvalue weighted by atomic mass is 10.1. The van der Waals surface area contributed by atoms with E-state index in [1.165, 1.54) is 11.8 Å². The van der Waals surface area contributed by atoms with Crippen LogP contribution in [0.4, 0.5) is 11.4 Å². The highest BCUT2D eigenvalue weighted by atomic mass is 32.2. The van der Waals surface area contributed by atoms with Crippen LogP contribution in [0.3, 0.4) is 0 Å². The Bertz CT molecular complexity index is 1380. The first-order chi connectivity index (χ1) is 18.5. The molecule has 0 spiro atoms. The van der Waals surface area contributed by atoms with E-state index >= 15 is 0 Å². The summed E-state index contributed by atoms with van der Waals surface area (Å²) < 4.78 is 0. The molecule has 8 nitrogen and oxygen atoms in total. The van der Waals surface area contributed by atoms with Crippen LogP contribution in [0.25, 0.3) is 0 Å². The lowest BCUT2D eigenvalue weighted by Gasteiger charge is -2.15.